The maximum atomic E-state index is 15.0. The van der Waals surface area contributed by atoms with Gasteiger partial charge in [0, 0.05) is 71.3 Å². The lowest BCUT2D eigenvalue weighted by molar-refractivity contribution is -0.138. The van der Waals surface area contributed by atoms with Crippen LogP contribution in [-0.2, 0) is 12.4 Å². The molecule has 0 aliphatic rings. The van der Waals surface area contributed by atoms with Gasteiger partial charge in [0.05, 0.1) is 72.7 Å². The molecule has 11 heteroatoms. The van der Waals surface area contributed by atoms with Crippen LogP contribution in [0.2, 0.25) is 0 Å². The fourth-order valence-electron chi connectivity index (χ4n) is 12.3. The van der Waals surface area contributed by atoms with Crippen molar-refractivity contribution < 1.29 is 26.3 Å². The molecule has 0 bridgehead atoms. The zero-order valence-electron chi connectivity index (χ0n) is 43.8. The molecule has 0 amide bonds. The van der Waals surface area contributed by atoms with Crippen LogP contribution in [-0.4, -0.2) is 23.7 Å². The van der Waals surface area contributed by atoms with Crippen LogP contribution in [0, 0.1) is 0 Å². The maximum absolute atomic E-state index is 15.0. The molecule has 0 atom stereocenters. The second-order valence-corrected chi connectivity index (χ2v) is 20.7. The predicted octanol–water partition coefficient (Wildman–Crippen LogP) is 20.1. The average molecular weight is 1090 g/mol. The molecular weight excluding hydrogens is 1050 g/mol. The van der Waals surface area contributed by atoms with Crippen molar-refractivity contribution >= 4 is 65.4 Å². The predicted molar refractivity (Wildman–Crippen MR) is 322 cm³/mol. The molecule has 0 saturated carbocycles. The average Bonchev–Trinajstić information content (AvgIpc) is 3.79. The van der Waals surface area contributed by atoms with E-state index in [9.17, 15) is 26.3 Å². The summed E-state index contributed by atoms with van der Waals surface area (Å²) in [5.74, 6) is 0.480. The molecule has 11 aromatic carbocycles. The number of halogens is 6. The number of benzene rings is 11. The van der Waals surface area contributed by atoms with Crippen molar-refractivity contribution in [3.05, 3.63) is 272 Å². The second-order valence-electron chi connectivity index (χ2n) is 20.7. The fourth-order valence-corrected chi connectivity index (χ4v) is 12.3. The molecule has 0 unspecified atom stereocenters. The van der Waals surface area contributed by atoms with E-state index in [0.717, 1.165) is 102 Å². The summed E-state index contributed by atoms with van der Waals surface area (Å²) < 4.78 is 96.1. The van der Waals surface area contributed by atoms with Gasteiger partial charge in [-0.25, -0.2) is 9.97 Å². The number of para-hydroxylation sites is 6. The van der Waals surface area contributed by atoms with Gasteiger partial charge in [0.15, 0.2) is 5.82 Å². The minimum absolute atomic E-state index is 0.00377. The van der Waals surface area contributed by atoms with E-state index in [1.807, 2.05) is 156 Å². The van der Waals surface area contributed by atoms with Gasteiger partial charge in [0.25, 0.3) is 0 Å². The van der Waals surface area contributed by atoms with Gasteiger partial charge in [-0.3, -0.25) is 0 Å². The summed E-state index contributed by atoms with van der Waals surface area (Å²) in [6.07, 6.45) is -9.61. The number of hydrogen-bond acceptors (Lipinski definition) is 2. The van der Waals surface area contributed by atoms with Crippen molar-refractivity contribution in [2.24, 2.45) is 0 Å². The number of rotatable bonds is 8. The van der Waals surface area contributed by atoms with E-state index >= 15 is 0 Å². The van der Waals surface area contributed by atoms with Crippen LogP contribution in [0.1, 0.15) is 11.1 Å². The van der Waals surface area contributed by atoms with Crippen LogP contribution in [0.15, 0.2) is 261 Å². The first-order valence-electron chi connectivity index (χ1n) is 27.0. The molecule has 4 aromatic heterocycles. The summed E-state index contributed by atoms with van der Waals surface area (Å²) in [5.41, 5.74) is 10.6. The van der Waals surface area contributed by atoms with Crippen LogP contribution in [0.25, 0.3) is 139 Å². The second kappa shape index (κ2) is 19.1. The SMILES string of the molecule is FC(F)(F)c1ccc2c(c1)c1cc(C(F)(F)F)ccc1n2-c1c(-c2ccccc2-n2c3ccccc3c3ccccc32)cc(-c2cc(-c3ccccc3)nc(-c3ccccc3)n2)cc1-c1ccccc1-n1c2ccccc2c2ccccc21. The first-order chi connectivity index (χ1) is 40.5. The first-order valence-corrected chi connectivity index (χ1v) is 27.0. The number of hydrogen-bond donors (Lipinski definition) is 0. The lowest BCUT2D eigenvalue weighted by Gasteiger charge is -2.24. The molecular formula is C72H43F6N5. The summed E-state index contributed by atoms with van der Waals surface area (Å²) >= 11 is 0. The standard InChI is InChI=1S/C72H43F6N5/c73-71(74,75)47-35-37-67-55(41-47)56-42-48(72(76,77)78)36-38-68(56)83(67)69-57(53-27-11-17-33-65(53)81-61-29-13-7-23-49(61)50-24-8-14-30-62(50)81)39-46(60-43-59(44-19-3-1-4-20-44)79-70(80-60)45-21-5-2-6-22-45)40-58(69)54-28-12-18-34-66(54)82-63-31-15-9-25-51(63)52-26-10-16-32-64(52)82/h1-43H. The largest absolute Gasteiger partial charge is 0.416 e. The molecule has 0 radical (unpaired) electrons. The molecule has 5 nitrogen and oxygen atoms in total. The van der Waals surface area contributed by atoms with Crippen molar-refractivity contribution in [1.29, 1.82) is 0 Å². The van der Waals surface area contributed by atoms with E-state index in [-0.39, 0.29) is 21.8 Å². The molecule has 0 N–H and O–H groups in total. The van der Waals surface area contributed by atoms with Gasteiger partial charge < -0.3 is 13.7 Å². The number of nitrogens with zero attached hydrogens (tertiary/aromatic N) is 5. The topological polar surface area (TPSA) is 40.6 Å². The van der Waals surface area contributed by atoms with Gasteiger partial charge >= 0.3 is 12.4 Å². The minimum atomic E-state index is -4.81. The molecule has 0 spiro atoms. The van der Waals surface area contributed by atoms with Gasteiger partial charge in [-0.05, 0) is 91.0 Å². The highest BCUT2D eigenvalue weighted by molar-refractivity contribution is 6.14. The van der Waals surface area contributed by atoms with Crippen molar-refractivity contribution in [3.63, 3.8) is 0 Å². The van der Waals surface area contributed by atoms with Crippen molar-refractivity contribution in [2.75, 3.05) is 0 Å². The highest BCUT2D eigenvalue weighted by Crippen LogP contribution is 2.49. The molecule has 15 rings (SSSR count). The van der Waals surface area contributed by atoms with E-state index in [2.05, 4.69) is 81.9 Å². The first kappa shape index (κ1) is 49.5. The van der Waals surface area contributed by atoms with E-state index in [1.54, 1.807) is 0 Å². The highest BCUT2D eigenvalue weighted by Gasteiger charge is 2.35. The van der Waals surface area contributed by atoms with Crippen molar-refractivity contribution in [2.45, 2.75) is 12.4 Å². The third kappa shape index (κ3) is 8.17. The molecule has 0 aliphatic carbocycles. The Labute approximate surface area is 470 Å². The quantitative estimate of drug-likeness (QED) is 0.142. The van der Waals surface area contributed by atoms with Crippen LogP contribution in [0.3, 0.4) is 0 Å². The Bertz CT molecular complexity index is 4660. The van der Waals surface area contributed by atoms with Gasteiger partial charge in [-0.1, -0.05) is 170 Å². The summed E-state index contributed by atoms with van der Waals surface area (Å²) in [4.78, 5) is 10.6. The Balaban J connectivity index is 1.15. The van der Waals surface area contributed by atoms with Gasteiger partial charge in [-0.2, -0.15) is 26.3 Å². The van der Waals surface area contributed by atoms with Gasteiger partial charge in [0.1, 0.15) is 0 Å². The van der Waals surface area contributed by atoms with E-state index < -0.39 is 23.5 Å². The molecule has 15 aromatic rings. The van der Waals surface area contributed by atoms with Crippen LogP contribution in [0.4, 0.5) is 26.3 Å². The Kier molecular flexibility index (Phi) is 11.4. The Morgan fingerprint density at radius 2 is 0.614 bits per heavy atom. The zero-order valence-corrected chi connectivity index (χ0v) is 43.8. The molecule has 83 heavy (non-hydrogen) atoms. The summed E-state index contributed by atoms with van der Waals surface area (Å²) in [7, 11) is 0. The van der Waals surface area contributed by atoms with E-state index in [0.29, 0.717) is 39.6 Å². The van der Waals surface area contributed by atoms with E-state index in [1.165, 1.54) is 12.1 Å². The van der Waals surface area contributed by atoms with Crippen LogP contribution >= 0.6 is 0 Å². The zero-order chi connectivity index (χ0) is 56.1. The normalized spacial score (nSPS) is 12.2. The fraction of sp³-hybridized carbons (Fsp3) is 0.0278. The summed E-state index contributed by atoms with van der Waals surface area (Å²) in [6, 6.07) is 81.3. The monoisotopic (exact) mass is 1090 g/mol. The van der Waals surface area contributed by atoms with Gasteiger partial charge in [-0.15, -0.1) is 0 Å². The van der Waals surface area contributed by atoms with Gasteiger partial charge in [0.2, 0.25) is 0 Å². The lowest BCUT2D eigenvalue weighted by Crippen LogP contribution is -2.07. The maximum Gasteiger partial charge on any atom is 0.416 e. The number of alkyl halides is 6. The molecule has 4 heterocycles. The summed E-state index contributed by atoms with van der Waals surface area (Å²) in [5, 5.41) is 4.11. The molecule has 0 fully saturated rings. The Hall–Kier alpha value is -10.5. The number of fused-ring (bicyclic) bond motifs is 9. The third-order valence-electron chi connectivity index (χ3n) is 15.9. The smallest absolute Gasteiger partial charge is 0.309 e. The Morgan fingerprint density at radius 1 is 0.265 bits per heavy atom. The van der Waals surface area contributed by atoms with Crippen molar-refractivity contribution in [1.82, 2.24) is 23.7 Å². The highest BCUT2D eigenvalue weighted by atomic mass is 19.4. The molecule has 398 valence electrons. The number of aromatic nitrogens is 5. The molecule has 0 saturated heterocycles. The minimum Gasteiger partial charge on any atom is -0.309 e. The van der Waals surface area contributed by atoms with Crippen LogP contribution in [0.5, 0.6) is 0 Å². The van der Waals surface area contributed by atoms with E-state index in [4.69, 9.17) is 9.97 Å². The molecule has 0 aliphatic heterocycles. The lowest BCUT2D eigenvalue weighted by atomic mass is 9.90. The van der Waals surface area contributed by atoms with Crippen LogP contribution < -0.4 is 0 Å². The summed E-state index contributed by atoms with van der Waals surface area (Å²) in [6.45, 7) is 0. The Morgan fingerprint density at radius 3 is 1.04 bits per heavy atom. The van der Waals surface area contributed by atoms with Crippen molar-refractivity contribution in [3.8, 4) is 73.2 Å². The third-order valence-corrected chi connectivity index (χ3v) is 15.9.